The lowest BCUT2D eigenvalue weighted by molar-refractivity contribution is 0.0702. The number of hydrogen-bond acceptors (Lipinski definition) is 6. The molecule has 0 aliphatic rings. The van der Waals surface area contributed by atoms with Gasteiger partial charge in [-0.25, -0.2) is 26.4 Å². The van der Waals surface area contributed by atoms with Crippen LogP contribution in [0.4, 0.5) is 0 Å². The molecule has 1 heterocycles. The first kappa shape index (κ1) is 16.1. The van der Waals surface area contributed by atoms with Crippen LogP contribution in [0.25, 0.3) is 0 Å². The van der Waals surface area contributed by atoms with Crippen LogP contribution in [-0.4, -0.2) is 46.0 Å². The Morgan fingerprint density at radius 2 is 1.95 bits per heavy atom. The van der Waals surface area contributed by atoms with Crippen LogP contribution in [0.5, 0.6) is 0 Å². The van der Waals surface area contributed by atoms with Crippen LogP contribution in [0.1, 0.15) is 16.6 Å². The maximum Gasteiger partial charge on any atom is 0.345 e. The Balaban J connectivity index is 2.73. The van der Waals surface area contributed by atoms with E-state index in [1.54, 1.807) is 0 Å². The van der Waals surface area contributed by atoms with Gasteiger partial charge in [-0.1, -0.05) is 6.92 Å². The molecule has 0 amide bonds. The fourth-order valence-electron chi connectivity index (χ4n) is 1.13. The number of nitrogens with one attached hydrogen (secondary N) is 1. The van der Waals surface area contributed by atoms with Crippen molar-refractivity contribution in [2.75, 3.05) is 18.1 Å². The van der Waals surface area contributed by atoms with Gasteiger partial charge in [0.1, 0.15) is 9.09 Å². The molecular weight excluding hydrogens is 314 g/mol. The number of sulfone groups is 1. The molecule has 0 saturated carbocycles. The fraction of sp³-hybridized carbons (Fsp3) is 0.444. The Bertz CT molecular complexity index is 658. The van der Waals surface area contributed by atoms with Crippen molar-refractivity contribution in [3.8, 4) is 0 Å². The van der Waals surface area contributed by atoms with E-state index in [2.05, 4.69) is 4.72 Å². The number of sulfonamides is 1. The number of rotatable bonds is 7. The second kappa shape index (κ2) is 5.99. The summed E-state index contributed by atoms with van der Waals surface area (Å²) < 4.78 is 47.9. The predicted molar refractivity (Wildman–Crippen MR) is 70.8 cm³/mol. The van der Waals surface area contributed by atoms with E-state index >= 15 is 0 Å². The van der Waals surface area contributed by atoms with Crippen LogP contribution in [0.2, 0.25) is 0 Å². The lowest BCUT2D eigenvalue weighted by Crippen LogP contribution is -2.29. The summed E-state index contributed by atoms with van der Waals surface area (Å²) in [6, 6.07) is 2.36. The zero-order chi connectivity index (χ0) is 14.7. The minimum atomic E-state index is -3.86. The molecule has 0 fully saturated rings. The molecule has 10 heteroatoms. The van der Waals surface area contributed by atoms with Crippen molar-refractivity contribution in [1.29, 1.82) is 0 Å². The van der Waals surface area contributed by atoms with Crippen molar-refractivity contribution >= 4 is 37.2 Å². The largest absolute Gasteiger partial charge is 0.477 e. The minimum absolute atomic E-state index is 0.0586. The van der Waals surface area contributed by atoms with E-state index in [9.17, 15) is 21.6 Å². The first-order valence-electron chi connectivity index (χ1n) is 5.21. The number of aromatic carboxylic acids is 1. The summed E-state index contributed by atoms with van der Waals surface area (Å²) in [6.45, 7) is 1.24. The van der Waals surface area contributed by atoms with Crippen molar-refractivity contribution in [2.24, 2.45) is 0 Å². The highest BCUT2D eigenvalue weighted by Gasteiger charge is 2.19. The molecule has 7 nitrogen and oxygen atoms in total. The Morgan fingerprint density at radius 1 is 1.32 bits per heavy atom. The quantitative estimate of drug-likeness (QED) is 0.736. The topological polar surface area (TPSA) is 118 Å². The lowest BCUT2D eigenvalue weighted by Gasteiger charge is -2.04. The molecule has 19 heavy (non-hydrogen) atoms. The number of hydrogen-bond donors (Lipinski definition) is 2. The van der Waals surface area contributed by atoms with Crippen LogP contribution in [0.15, 0.2) is 16.3 Å². The van der Waals surface area contributed by atoms with Gasteiger partial charge < -0.3 is 5.11 Å². The van der Waals surface area contributed by atoms with Gasteiger partial charge in [0, 0.05) is 12.3 Å². The lowest BCUT2D eigenvalue weighted by atomic mass is 10.5. The van der Waals surface area contributed by atoms with E-state index in [0.717, 1.165) is 0 Å². The van der Waals surface area contributed by atoms with E-state index in [1.807, 2.05) is 0 Å². The number of thiophene rings is 1. The van der Waals surface area contributed by atoms with Gasteiger partial charge in [0.2, 0.25) is 10.0 Å². The second-order valence-corrected chi connectivity index (χ2v) is 9.11. The first-order valence-corrected chi connectivity index (χ1v) is 9.33. The zero-order valence-electron chi connectivity index (χ0n) is 9.99. The maximum atomic E-state index is 11.8. The van der Waals surface area contributed by atoms with Crippen molar-refractivity contribution < 1.29 is 26.7 Å². The van der Waals surface area contributed by atoms with Gasteiger partial charge in [0.15, 0.2) is 9.84 Å². The average Bonchev–Trinajstić information content (AvgIpc) is 2.78. The van der Waals surface area contributed by atoms with E-state index in [1.165, 1.54) is 19.1 Å². The third kappa shape index (κ3) is 4.56. The van der Waals surface area contributed by atoms with Gasteiger partial charge in [0.25, 0.3) is 0 Å². The van der Waals surface area contributed by atoms with Gasteiger partial charge in [0.05, 0.1) is 5.75 Å². The predicted octanol–water partition coefficient (Wildman–Crippen LogP) is 0.159. The van der Waals surface area contributed by atoms with E-state index in [-0.39, 0.29) is 27.1 Å². The number of carbonyl (C=O) groups is 1. The molecule has 108 valence electrons. The fourth-order valence-corrected chi connectivity index (χ4v) is 4.18. The molecule has 0 aromatic carbocycles. The van der Waals surface area contributed by atoms with Crippen molar-refractivity contribution in [2.45, 2.75) is 11.1 Å². The molecule has 0 aliphatic heterocycles. The molecule has 0 saturated heterocycles. The van der Waals surface area contributed by atoms with E-state index < -0.39 is 25.8 Å². The van der Waals surface area contributed by atoms with Crippen LogP contribution in [0.3, 0.4) is 0 Å². The summed E-state index contributed by atoms with van der Waals surface area (Å²) in [7, 11) is -7.11. The Labute approximate surface area is 115 Å². The van der Waals surface area contributed by atoms with E-state index in [0.29, 0.717) is 11.3 Å². The Hall–Kier alpha value is -0.970. The summed E-state index contributed by atoms with van der Waals surface area (Å²) in [5, 5.41) is 8.69. The summed E-state index contributed by atoms with van der Waals surface area (Å²) in [6.07, 6.45) is 0. The van der Waals surface area contributed by atoms with Gasteiger partial charge >= 0.3 is 5.97 Å². The molecule has 0 atom stereocenters. The second-order valence-electron chi connectivity index (χ2n) is 3.56. The van der Waals surface area contributed by atoms with Crippen molar-refractivity contribution in [3.05, 3.63) is 17.0 Å². The average molecular weight is 327 g/mol. The first-order chi connectivity index (χ1) is 8.68. The molecule has 1 aromatic heterocycles. The summed E-state index contributed by atoms with van der Waals surface area (Å²) in [5.41, 5.74) is 0. The smallest absolute Gasteiger partial charge is 0.345 e. The van der Waals surface area contributed by atoms with Gasteiger partial charge in [-0.2, -0.15) is 0 Å². The number of carboxylic acid groups (broad SMARTS) is 1. The highest BCUT2D eigenvalue weighted by molar-refractivity contribution is 7.92. The van der Waals surface area contributed by atoms with Crippen LogP contribution in [0, 0.1) is 0 Å². The van der Waals surface area contributed by atoms with Crippen LogP contribution < -0.4 is 4.72 Å². The molecule has 0 aliphatic carbocycles. The monoisotopic (exact) mass is 327 g/mol. The Morgan fingerprint density at radius 3 is 2.42 bits per heavy atom. The minimum Gasteiger partial charge on any atom is -0.477 e. The highest BCUT2D eigenvalue weighted by Crippen LogP contribution is 2.21. The summed E-state index contributed by atoms with van der Waals surface area (Å²) >= 11 is 0.612. The van der Waals surface area contributed by atoms with Crippen LogP contribution in [-0.2, 0) is 19.9 Å². The maximum absolute atomic E-state index is 11.8. The van der Waals surface area contributed by atoms with Gasteiger partial charge in [-0.15, -0.1) is 11.3 Å². The normalized spacial score (nSPS) is 12.5. The van der Waals surface area contributed by atoms with Crippen molar-refractivity contribution in [1.82, 2.24) is 4.72 Å². The summed E-state index contributed by atoms with van der Waals surface area (Å²) in [4.78, 5) is 10.5. The molecule has 0 spiro atoms. The third-order valence-corrected chi connectivity index (χ3v) is 6.93. The highest BCUT2D eigenvalue weighted by atomic mass is 32.2. The van der Waals surface area contributed by atoms with Crippen molar-refractivity contribution in [3.63, 3.8) is 0 Å². The standard InChI is InChI=1S/C9H13NO6S3/c1-2-18(13,14)6-5-10-19(15,16)8-4-3-7(17-8)9(11)12/h3-4,10H,2,5-6H2,1H3,(H,11,12). The molecule has 2 N–H and O–H groups in total. The molecule has 1 rings (SSSR count). The molecular formula is C9H13NO6S3. The summed E-state index contributed by atoms with van der Waals surface area (Å²) in [5.74, 6) is -1.56. The molecule has 1 aromatic rings. The zero-order valence-corrected chi connectivity index (χ0v) is 12.4. The third-order valence-electron chi connectivity index (χ3n) is 2.20. The SMILES string of the molecule is CCS(=O)(=O)CCNS(=O)(=O)c1ccc(C(=O)O)s1. The van der Waals surface area contributed by atoms with Gasteiger partial charge in [-0.3, -0.25) is 0 Å². The van der Waals surface area contributed by atoms with Gasteiger partial charge in [-0.05, 0) is 12.1 Å². The molecule has 0 unspecified atom stereocenters. The molecule has 0 bridgehead atoms. The Kier molecular flexibility index (Phi) is 5.07. The van der Waals surface area contributed by atoms with E-state index in [4.69, 9.17) is 5.11 Å². The number of carboxylic acids is 1. The van der Waals surface area contributed by atoms with Crippen LogP contribution >= 0.6 is 11.3 Å². The molecule has 0 radical (unpaired) electrons.